The number of rotatable bonds is 4. The SMILES string of the molecule is Clc1cc(Cl)c2ccn(CCSc3ccccc3)c2c1. The van der Waals surface area contributed by atoms with Crippen LogP contribution in [0.1, 0.15) is 0 Å². The van der Waals surface area contributed by atoms with E-state index in [4.69, 9.17) is 23.2 Å². The van der Waals surface area contributed by atoms with Crippen LogP contribution in [0.2, 0.25) is 10.0 Å². The third-order valence-electron chi connectivity index (χ3n) is 3.15. The molecule has 20 heavy (non-hydrogen) atoms. The number of halogens is 2. The monoisotopic (exact) mass is 321 g/mol. The van der Waals surface area contributed by atoms with Gasteiger partial charge in [-0.15, -0.1) is 11.8 Å². The van der Waals surface area contributed by atoms with E-state index < -0.39 is 0 Å². The molecule has 0 N–H and O–H groups in total. The second kappa shape index (κ2) is 6.13. The molecule has 0 aliphatic rings. The smallest absolute Gasteiger partial charge is 0.0514 e. The molecule has 4 heteroatoms. The Hall–Kier alpha value is -1.09. The van der Waals surface area contributed by atoms with Gasteiger partial charge in [0.25, 0.3) is 0 Å². The lowest BCUT2D eigenvalue weighted by atomic mass is 10.2. The van der Waals surface area contributed by atoms with Gasteiger partial charge in [-0.25, -0.2) is 0 Å². The number of aryl methyl sites for hydroxylation is 1. The average Bonchev–Trinajstić information content (AvgIpc) is 2.83. The minimum Gasteiger partial charge on any atom is -0.347 e. The summed E-state index contributed by atoms with van der Waals surface area (Å²) in [4.78, 5) is 1.29. The number of hydrogen-bond donors (Lipinski definition) is 0. The zero-order valence-electron chi connectivity index (χ0n) is 10.7. The molecule has 2 aromatic carbocycles. The van der Waals surface area contributed by atoms with E-state index in [2.05, 4.69) is 35.0 Å². The molecular formula is C16H13Cl2NS. The van der Waals surface area contributed by atoms with E-state index >= 15 is 0 Å². The molecule has 0 radical (unpaired) electrons. The summed E-state index contributed by atoms with van der Waals surface area (Å²) in [5.74, 6) is 1.01. The predicted molar refractivity (Wildman–Crippen MR) is 89.1 cm³/mol. The predicted octanol–water partition coefficient (Wildman–Crippen LogP) is 5.74. The zero-order valence-corrected chi connectivity index (χ0v) is 13.1. The van der Waals surface area contributed by atoms with Crippen LogP contribution in [-0.2, 0) is 6.54 Å². The van der Waals surface area contributed by atoms with Crippen LogP contribution in [0.15, 0.2) is 59.6 Å². The fraction of sp³-hybridized carbons (Fsp3) is 0.125. The maximum atomic E-state index is 6.20. The van der Waals surface area contributed by atoms with Gasteiger partial charge in [0.1, 0.15) is 0 Å². The number of fused-ring (bicyclic) bond motifs is 1. The zero-order chi connectivity index (χ0) is 13.9. The van der Waals surface area contributed by atoms with Crippen LogP contribution in [-0.4, -0.2) is 10.3 Å². The highest BCUT2D eigenvalue weighted by molar-refractivity contribution is 7.99. The van der Waals surface area contributed by atoms with E-state index in [1.807, 2.05) is 30.0 Å². The largest absolute Gasteiger partial charge is 0.347 e. The van der Waals surface area contributed by atoms with Crippen LogP contribution in [0.5, 0.6) is 0 Å². The number of aromatic nitrogens is 1. The van der Waals surface area contributed by atoms with Crippen molar-refractivity contribution in [1.82, 2.24) is 4.57 Å². The lowest BCUT2D eigenvalue weighted by Crippen LogP contribution is -1.98. The summed E-state index contributed by atoms with van der Waals surface area (Å²) in [7, 11) is 0. The molecule has 0 aliphatic heterocycles. The van der Waals surface area contributed by atoms with Gasteiger partial charge >= 0.3 is 0 Å². The van der Waals surface area contributed by atoms with Crippen molar-refractivity contribution in [3.63, 3.8) is 0 Å². The van der Waals surface area contributed by atoms with Crippen molar-refractivity contribution in [2.75, 3.05) is 5.75 Å². The highest BCUT2D eigenvalue weighted by Gasteiger charge is 2.06. The van der Waals surface area contributed by atoms with Gasteiger partial charge in [0, 0.05) is 33.8 Å². The molecule has 0 fully saturated rings. The standard InChI is InChI=1S/C16H13Cl2NS/c17-12-10-15(18)14-6-7-19(16(14)11-12)8-9-20-13-4-2-1-3-5-13/h1-7,10-11H,8-9H2. The minimum atomic E-state index is 0.679. The Morgan fingerprint density at radius 3 is 2.60 bits per heavy atom. The van der Waals surface area contributed by atoms with Gasteiger partial charge in [-0.2, -0.15) is 0 Å². The lowest BCUT2D eigenvalue weighted by Gasteiger charge is -2.06. The molecule has 0 saturated carbocycles. The number of benzene rings is 2. The quantitative estimate of drug-likeness (QED) is 0.554. The molecule has 0 saturated heterocycles. The Balaban J connectivity index is 1.75. The summed E-state index contributed by atoms with van der Waals surface area (Å²) in [6, 6.07) is 16.2. The molecule has 1 nitrogen and oxygen atoms in total. The molecule has 102 valence electrons. The van der Waals surface area contributed by atoms with Gasteiger partial charge in [-0.3, -0.25) is 0 Å². The Labute approximate surface area is 132 Å². The van der Waals surface area contributed by atoms with E-state index in [0.717, 1.165) is 23.2 Å². The molecule has 3 aromatic rings. The molecule has 0 aliphatic carbocycles. The van der Waals surface area contributed by atoms with Crippen LogP contribution in [0.25, 0.3) is 10.9 Å². The third-order valence-corrected chi connectivity index (χ3v) is 4.67. The van der Waals surface area contributed by atoms with Crippen LogP contribution in [0.3, 0.4) is 0 Å². The summed E-state index contributed by atoms with van der Waals surface area (Å²) in [5.41, 5.74) is 1.09. The fourth-order valence-corrected chi connectivity index (χ4v) is 3.61. The lowest BCUT2D eigenvalue weighted by molar-refractivity contribution is 0.807. The van der Waals surface area contributed by atoms with Crippen molar-refractivity contribution in [3.05, 3.63) is 64.8 Å². The van der Waals surface area contributed by atoms with Gasteiger partial charge in [-0.1, -0.05) is 41.4 Å². The number of thioether (sulfide) groups is 1. The average molecular weight is 322 g/mol. The number of nitrogens with zero attached hydrogens (tertiary/aromatic N) is 1. The molecule has 1 aromatic heterocycles. The van der Waals surface area contributed by atoms with Crippen molar-refractivity contribution in [2.45, 2.75) is 11.4 Å². The van der Waals surface area contributed by atoms with Gasteiger partial charge in [-0.05, 0) is 30.3 Å². The summed E-state index contributed by atoms with van der Waals surface area (Å²) in [6.07, 6.45) is 2.07. The third kappa shape index (κ3) is 2.98. The van der Waals surface area contributed by atoms with E-state index in [9.17, 15) is 0 Å². The van der Waals surface area contributed by atoms with Gasteiger partial charge in [0.15, 0.2) is 0 Å². The molecule has 0 amide bonds. The van der Waals surface area contributed by atoms with E-state index in [1.54, 1.807) is 6.07 Å². The van der Waals surface area contributed by atoms with Gasteiger partial charge < -0.3 is 4.57 Å². The van der Waals surface area contributed by atoms with Crippen molar-refractivity contribution in [2.24, 2.45) is 0 Å². The van der Waals surface area contributed by atoms with E-state index in [-0.39, 0.29) is 0 Å². The van der Waals surface area contributed by atoms with Crippen molar-refractivity contribution >= 4 is 45.9 Å². The van der Waals surface area contributed by atoms with Crippen LogP contribution >= 0.6 is 35.0 Å². The molecule has 0 bridgehead atoms. The van der Waals surface area contributed by atoms with Crippen LogP contribution in [0.4, 0.5) is 0 Å². The number of hydrogen-bond acceptors (Lipinski definition) is 1. The van der Waals surface area contributed by atoms with E-state index in [1.165, 1.54) is 4.90 Å². The first-order valence-electron chi connectivity index (χ1n) is 6.36. The van der Waals surface area contributed by atoms with Crippen molar-refractivity contribution < 1.29 is 0 Å². The first-order valence-corrected chi connectivity index (χ1v) is 8.10. The highest BCUT2D eigenvalue weighted by atomic mass is 35.5. The Bertz CT molecular complexity index is 722. The maximum Gasteiger partial charge on any atom is 0.0514 e. The highest BCUT2D eigenvalue weighted by Crippen LogP contribution is 2.29. The van der Waals surface area contributed by atoms with E-state index in [0.29, 0.717) is 10.0 Å². The first-order chi connectivity index (χ1) is 9.74. The molecule has 0 spiro atoms. The van der Waals surface area contributed by atoms with Gasteiger partial charge in [0.2, 0.25) is 0 Å². The minimum absolute atomic E-state index is 0.679. The summed E-state index contributed by atoms with van der Waals surface area (Å²) in [6.45, 7) is 0.930. The second-order valence-corrected chi connectivity index (χ2v) is 6.50. The Kier molecular flexibility index (Phi) is 4.25. The molecular weight excluding hydrogens is 309 g/mol. The molecule has 3 rings (SSSR count). The topological polar surface area (TPSA) is 4.93 Å². The van der Waals surface area contributed by atoms with Crippen LogP contribution in [0, 0.1) is 0 Å². The maximum absolute atomic E-state index is 6.20. The van der Waals surface area contributed by atoms with Gasteiger partial charge in [0.05, 0.1) is 10.5 Å². The molecule has 0 atom stereocenters. The Morgan fingerprint density at radius 1 is 1.00 bits per heavy atom. The summed E-state index contributed by atoms with van der Waals surface area (Å²) in [5, 5.41) is 2.45. The summed E-state index contributed by atoms with van der Waals surface area (Å²) >= 11 is 14.1. The summed E-state index contributed by atoms with van der Waals surface area (Å²) < 4.78 is 2.20. The van der Waals surface area contributed by atoms with Crippen LogP contribution < -0.4 is 0 Å². The molecule has 0 unspecified atom stereocenters. The Morgan fingerprint density at radius 2 is 1.80 bits per heavy atom. The van der Waals surface area contributed by atoms with Crippen molar-refractivity contribution in [1.29, 1.82) is 0 Å². The van der Waals surface area contributed by atoms with Crippen molar-refractivity contribution in [3.8, 4) is 0 Å². The fourth-order valence-electron chi connectivity index (χ4n) is 2.19. The first kappa shape index (κ1) is 13.9. The second-order valence-electron chi connectivity index (χ2n) is 4.49. The molecule has 1 heterocycles. The normalized spacial score (nSPS) is 11.1.